The van der Waals surface area contributed by atoms with Crippen LogP contribution in [-0.4, -0.2) is 23.1 Å². The van der Waals surface area contributed by atoms with Gasteiger partial charge in [-0.3, -0.25) is 0 Å². The molecule has 0 aromatic heterocycles. The molecular weight excluding hydrogens is 376 g/mol. The maximum absolute atomic E-state index is 13.0. The Hall–Kier alpha value is -1.84. The van der Waals surface area contributed by atoms with Gasteiger partial charge in [-0.25, -0.2) is 9.59 Å². The monoisotopic (exact) mass is 418 g/mol. The molecule has 0 aliphatic rings. The first kappa shape index (κ1) is 26.2. The fourth-order valence-electron chi connectivity index (χ4n) is 3.34. The second-order valence-electron chi connectivity index (χ2n) is 9.62. The quantitative estimate of drug-likeness (QED) is 0.336. The third kappa shape index (κ3) is 7.45. The van der Waals surface area contributed by atoms with E-state index in [0.717, 1.165) is 38.5 Å². The molecule has 30 heavy (non-hydrogen) atoms. The van der Waals surface area contributed by atoms with Crippen molar-refractivity contribution < 1.29 is 19.1 Å². The molecule has 0 N–H and O–H groups in total. The van der Waals surface area contributed by atoms with Crippen LogP contribution in [0.4, 0.5) is 0 Å². The summed E-state index contributed by atoms with van der Waals surface area (Å²) >= 11 is 0. The molecule has 0 heterocycles. The van der Waals surface area contributed by atoms with Crippen molar-refractivity contribution in [2.75, 3.05) is 0 Å². The highest BCUT2D eigenvalue weighted by atomic mass is 16.6. The van der Waals surface area contributed by atoms with Crippen molar-refractivity contribution in [3.8, 4) is 0 Å². The molecule has 0 amide bonds. The summed E-state index contributed by atoms with van der Waals surface area (Å²) in [4.78, 5) is 25.9. The van der Waals surface area contributed by atoms with Gasteiger partial charge in [-0.15, -0.1) is 0 Å². The van der Waals surface area contributed by atoms with Gasteiger partial charge in [0.25, 0.3) is 0 Å². The smallest absolute Gasteiger partial charge is 0.339 e. The Kier molecular flexibility index (Phi) is 10.1. The highest BCUT2D eigenvalue weighted by Crippen LogP contribution is 2.30. The van der Waals surface area contributed by atoms with Gasteiger partial charge in [-0.2, -0.15) is 0 Å². The maximum atomic E-state index is 13.0. The number of unbranched alkanes of at least 4 members (excludes halogenated alkanes) is 2. The van der Waals surface area contributed by atoms with Crippen LogP contribution in [0.5, 0.6) is 0 Å². The molecule has 2 unspecified atom stereocenters. The van der Waals surface area contributed by atoms with Crippen LogP contribution in [-0.2, 0) is 9.47 Å². The molecule has 0 saturated heterocycles. The maximum Gasteiger partial charge on any atom is 0.339 e. The van der Waals surface area contributed by atoms with Crippen LogP contribution >= 0.6 is 0 Å². The van der Waals surface area contributed by atoms with Crippen molar-refractivity contribution >= 4 is 11.9 Å². The van der Waals surface area contributed by atoms with E-state index in [1.807, 2.05) is 27.7 Å². The van der Waals surface area contributed by atoms with Crippen LogP contribution < -0.4 is 0 Å². The predicted molar refractivity (Wildman–Crippen MR) is 123 cm³/mol. The summed E-state index contributed by atoms with van der Waals surface area (Å²) in [7, 11) is 0. The molecule has 1 aromatic carbocycles. The molecule has 170 valence electrons. The second-order valence-corrected chi connectivity index (χ2v) is 9.62. The molecule has 0 spiro atoms. The normalized spacial score (nSPS) is 14.1. The predicted octanol–water partition coefficient (Wildman–Crippen LogP) is 7.21. The fraction of sp³-hybridized carbons (Fsp3) is 0.692. The Morgan fingerprint density at radius 3 is 1.40 bits per heavy atom. The molecule has 0 aliphatic heterocycles. The minimum Gasteiger partial charge on any atom is -0.456 e. The molecule has 1 rings (SSSR count). The minimum atomic E-state index is -0.614. The average molecular weight is 419 g/mol. The third-order valence-corrected chi connectivity index (χ3v) is 6.43. The SMILES string of the molecule is CCCCC(C)C(C)(C)OC(=O)c1ccccc1C(=O)OC(C)(C)C(C)CCCC. The molecule has 0 saturated carbocycles. The van der Waals surface area contributed by atoms with Crippen LogP contribution in [0.1, 0.15) is 115 Å². The Labute approximate surface area is 183 Å². The van der Waals surface area contributed by atoms with E-state index in [0.29, 0.717) is 0 Å². The van der Waals surface area contributed by atoms with Crippen molar-refractivity contribution in [1.82, 2.24) is 0 Å². The molecule has 2 atom stereocenters. The van der Waals surface area contributed by atoms with Gasteiger partial charge >= 0.3 is 11.9 Å². The van der Waals surface area contributed by atoms with Gasteiger partial charge in [0.05, 0.1) is 11.1 Å². The lowest BCUT2D eigenvalue weighted by molar-refractivity contribution is -0.0323. The van der Waals surface area contributed by atoms with Gasteiger partial charge in [0, 0.05) is 0 Å². The summed E-state index contributed by atoms with van der Waals surface area (Å²) in [6.45, 7) is 16.2. The first-order chi connectivity index (χ1) is 14.0. The largest absolute Gasteiger partial charge is 0.456 e. The average Bonchev–Trinajstić information content (AvgIpc) is 2.69. The Balaban J connectivity index is 2.98. The van der Waals surface area contributed by atoms with Gasteiger partial charge in [0.1, 0.15) is 11.2 Å². The van der Waals surface area contributed by atoms with Gasteiger partial charge in [-0.05, 0) is 64.5 Å². The van der Waals surface area contributed by atoms with Crippen LogP contribution in [0.3, 0.4) is 0 Å². The fourth-order valence-corrected chi connectivity index (χ4v) is 3.34. The summed E-state index contributed by atoms with van der Waals surface area (Å²) in [6, 6.07) is 6.77. The zero-order chi connectivity index (χ0) is 22.9. The zero-order valence-corrected chi connectivity index (χ0v) is 20.3. The number of hydrogen-bond donors (Lipinski definition) is 0. The first-order valence-corrected chi connectivity index (χ1v) is 11.5. The van der Waals surface area contributed by atoms with Crippen LogP contribution in [0.25, 0.3) is 0 Å². The number of hydrogen-bond acceptors (Lipinski definition) is 4. The topological polar surface area (TPSA) is 52.6 Å². The number of benzene rings is 1. The van der Waals surface area contributed by atoms with E-state index in [2.05, 4.69) is 27.7 Å². The van der Waals surface area contributed by atoms with Gasteiger partial charge in [0.15, 0.2) is 0 Å². The first-order valence-electron chi connectivity index (χ1n) is 11.5. The number of ether oxygens (including phenoxy) is 2. The number of rotatable bonds is 12. The molecule has 0 fully saturated rings. The lowest BCUT2D eigenvalue weighted by atomic mass is 9.88. The van der Waals surface area contributed by atoms with Crippen molar-refractivity contribution in [3.05, 3.63) is 35.4 Å². The summed E-state index contributed by atoms with van der Waals surface area (Å²) < 4.78 is 11.7. The lowest BCUT2D eigenvalue weighted by Gasteiger charge is -2.33. The van der Waals surface area contributed by atoms with Gasteiger partial charge in [0.2, 0.25) is 0 Å². The number of carbonyl (C=O) groups is 2. The lowest BCUT2D eigenvalue weighted by Crippen LogP contribution is -2.37. The van der Waals surface area contributed by atoms with E-state index >= 15 is 0 Å². The van der Waals surface area contributed by atoms with E-state index in [9.17, 15) is 9.59 Å². The summed E-state index contributed by atoms with van der Waals surface area (Å²) in [5, 5.41) is 0. The molecule has 0 radical (unpaired) electrons. The minimum absolute atomic E-state index is 0.221. The molecule has 0 aliphatic carbocycles. The van der Waals surface area contributed by atoms with Crippen molar-refractivity contribution in [1.29, 1.82) is 0 Å². The Bertz CT molecular complexity index is 631. The van der Waals surface area contributed by atoms with E-state index < -0.39 is 23.1 Å². The van der Waals surface area contributed by atoms with E-state index in [4.69, 9.17) is 9.47 Å². The zero-order valence-electron chi connectivity index (χ0n) is 20.3. The Morgan fingerprint density at radius 1 is 0.767 bits per heavy atom. The van der Waals surface area contributed by atoms with Crippen LogP contribution in [0.2, 0.25) is 0 Å². The standard InChI is InChI=1S/C26H42O4/c1-9-11-15-19(3)25(5,6)29-23(27)21-17-13-14-18-22(21)24(28)30-26(7,8)20(4)16-12-10-2/h13-14,17-20H,9-12,15-16H2,1-8H3. The van der Waals surface area contributed by atoms with Crippen LogP contribution in [0, 0.1) is 11.8 Å². The number of carbonyl (C=O) groups excluding carboxylic acids is 2. The highest BCUT2D eigenvalue weighted by molar-refractivity contribution is 6.03. The third-order valence-electron chi connectivity index (χ3n) is 6.43. The second kappa shape index (κ2) is 11.5. The summed E-state index contributed by atoms with van der Waals surface area (Å²) in [5.74, 6) is -0.516. The van der Waals surface area contributed by atoms with E-state index in [1.165, 1.54) is 0 Å². The molecule has 1 aromatic rings. The van der Waals surface area contributed by atoms with E-state index in [1.54, 1.807) is 24.3 Å². The molecule has 4 heteroatoms. The molecular formula is C26H42O4. The van der Waals surface area contributed by atoms with Crippen LogP contribution in [0.15, 0.2) is 24.3 Å². The van der Waals surface area contributed by atoms with Crippen molar-refractivity contribution in [2.45, 2.75) is 105 Å². The highest BCUT2D eigenvalue weighted by Gasteiger charge is 2.34. The van der Waals surface area contributed by atoms with Crippen molar-refractivity contribution in [3.63, 3.8) is 0 Å². The van der Waals surface area contributed by atoms with Gasteiger partial charge < -0.3 is 9.47 Å². The summed E-state index contributed by atoms with van der Waals surface area (Å²) in [5.41, 5.74) is -0.709. The van der Waals surface area contributed by atoms with E-state index in [-0.39, 0.29) is 23.0 Å². The number of esters is 2. The van der Waals surface area contributed by atoms with Gasteiger partial charge in [-0.1, -0.05) is 65.5 Å². The summed E-state index contributed by atoms with van der Waals surface area (Å²) in [6.07, 6.45) is 6.38. The Morgan fingerprint density at radius 2 is 1.10 bits per heavy atom. The molecule has 0 bridgehead atoms. The molecule has 4 nitrogen and oxygen atoms in total. The van der Waals surface area contributed by atoms with Crippen molar-refractivity contribution in [2.24, 2.45) is 11.8 Å².